The highest BCUT2D eigenvalue weighted by atomic mass is 35.5. The van der Waals surface area contributed by atoms with Crippen LogP contribution in [0.15, 0.2) is 36.9 Å². The lowest BCUT2D eigenvalue weighted by Gasteiger charge is -2.06. The molecule has 1 rings (SSSR count). The van der Waals surface area contributed by atoms with Crippen LogP contribution in [-0.2, 0) is 4.79 Å². The van der Waals surface area contributed by atoms with Gasteiger partial charge in [-0.2, -0.15) is 0 Å². The molecule has 0 saturated heterocycles. The summed E-state index contributed by atoms with van der Waals surface area (Å²) in [6, 6.07) is 7.23. The Balaban J connectivity index is 0. The molecule has 96 valence electrons. The van der Waals surface area contributed by atoms with Crippen LogP contribution in [0.5, 0.6) is 0 Å². The summed E-state index contributed by atoms with van der Waals surface area (Å²) in [6.07, 6.45) is 3.99. The van der Waals surface area contributed by atoms with Crippen molar-refractivity contribution in [1.82, 2.24) is 0 Å². The van der Waals surface area contributed by atoms with E-state index in [-0.39, 0.29) is 30.7 Å². The molecular weight excluding hydrogens is 259 g/mol. The predicted molar refractivity (Wildman–Crippen MR) is 78.0 cm³/mol. The third-order valence-electron chi connectivity index (χ3n) is 2.05. The van der Waals surface area contributed by atoms with E-state index in [9.17, 15) is 4.79 Å². The summed E-state index contributed by atoms with van der Waals surface area (Å²) in [6.45, 7) is 3.60. The number of amides is 1. The lowest BCUT2D eigenvalue weighted by molar-refractivity contribution is -0.116. The smallest absolute Gasteiger partial charge is 0.224 e. The fourth-order valence-corrected chi connectivity index (χ4v) is 1.23. The molecule has 17 heavy (non-hydrogen) atoms. The molecule has 0 radical (unpaired) electrons. The number of hydrogen-bond acceptors (Lipinski definition) is 2. The van der Waals surface area contributed by atoms with E-state index in [0.717, 1.165) is 12.8 Å². The lowest BCUT2D eigenvalue weighted by Crippen LogP contribution is -2.12. The quantitative estimate of drug-likeness (QED) is 0.492. The Hall–Kier alpha value is -1.19. The van der Waals surface area contributed by atoms with Gasteiger partial charge in [-0.15, -0.1) is 31.4 Å². The summed E-state index contributed by atoms with van der Waals surface area (Å²) in [5.74, 6) is -0.00486. The lowest BCUT2D eigenvalue weighted by atomic mass is 10.2. The molecule has 1 aromatic rings. The van der Waals surface area contributed by atoms with Gasteiger partial charge in [0.05, 0.1) is 11.4 Å². The Bertz CT molecular complexity index is 356. The Kier molecular flexibility index (Phi) is 10.7. The second-order valence-corrected chi connectivity index (χ2v) is 3.32. The van der Waals surface area contributed by atoms with Crippen LogP contribution >= 0.6 is 24.8 Å². The maximum absolute atomic E-state index is 11.4. The molecular formula is C12H18Cl2N2O. The van der Waals surface area contributed by atoms with Crippen LogP contribution in [0, 0.1) is 0 Å². The number of rotatable bonds is 5. The minimum Gasteiger partial charge on any atom is -0.397 e. The minimum absolute atomic E-state index is 0. The highest BCUT2D eigenvalue weighted by Gasteiger charge is 2.03. The van der Waals surface area contributed by atoms with Crippen molar-refractivity contribution in [3.8, 4) is 0 Å². The SMILES string of the molecule is C=CCCCC(=O)Nc1ccccc1N.Cl.Cl. The second kappa shape index (κ2) is 10.00. The number of nitrogens with two attached hydrogens (primary N) is 1. The summed E-state index contributed by atoms with van der Waals surface area (Å²) < 4.78 is 0. The molecule has 1 aromatic carbocycles. The molecule has 5 heteroatoms. The number of hydrogen-bond donors (Lipinski definition) is 2. The molecule has 0 aromatic heterocycles. The van der Waals surface area contributed by atoms with Crippen molar-refractivity contribution >= 4 is 42.1 Å². The highest BCUT2D eigenvalue weighted by Crippen LogP contribution is 2.16. The number of anilines is 2. The predicted octanol–water partition coefficient (Wildman–Crippen LogP) is 3.41. The molecule has 0 atom stereocenters. The summed E-state index contributed by atoms with van der Waals surface area (Å²) >= 11 is 0. The number of halogens is 2. The van der Waals surface area contributed by atoms with Crippen LogP contribution in [0.1, 0.15) is 19.3 Å². The standard InChI is InChI=1S/C12H16N2O.2ClH/c1-2-3-4-9-12(15)14-11-8-6-5-7-10(11)13;;/h2,5-8H,1,3-4,9,13H2,(H,14,15);2*1H. The summed E-state index contributed by atoms with van der Waals surface area (Å²) in [5, 5.41) is 2.77. The number of nitrogens with one attached hydrogen (secondary N) is 1. The fraction of sp³-hybridized carbons (Fsp3) is 0.250. The summed E-state index contributed by atoms with van der Waals surface area (Å²) in [5.41, 5.74) is 6.97. The number of unbranched alkanes of at least 4 members (excludes halogenated alkanes) is 1. The van der Waals surface area contributed by atoms with Gasteiger partial charge >= 0.3 is 0 Å². The summed E-state index contributed by atoms with van der Waals surface area (Å²) in [7, 11) is 0. The zero-order valence-corrected chi connectivity index (χ0v) is 11.2. The zero-order valence-electron chi connectivity index (χ0n) is 9.52. The number of carbonyl (C=O) groups is 1. The number of nitrogen functional groups attached to an aromatic ring is 1. The van der Waals surface area contributed by atoms with Gasteiger partial charge in [0.15, 0.2) is 0 Å². The van der Waals surface area contributed by atoms with Crippen molar-refractivity contribution in [1.29, 1.82) is 0 Å². The van der Waals surface area contributed by atoms with Crippen LogP contribution < -0.4 is 11.1 Å². The summed E-state index contributed by atoms with van der Waals surface area (Å²) in [4.78, 5) is 11.4. The van der Waals surface area contributed by atoms with Crippen LogP contribution in [0.4, 0.5) is 11.4 Å². The van der Waals surface area contributed by atoms with Crippen LogP contribution in [-0.4, -0.2) is 5.91 Å². The molecule has 0 heterocycles. The van der Waals surface area contributed by atoms with E-state index in [1.807, 2.05) is 18.2 Å². The maximum Gasteiger partial charge on any atom is 0.224 e. The molecule has 0 fully saturated rings. The van der Waals surface area contributed by atoms with Gasteiger partial charge in [0.1, 0.15) is 0 Å². The molecule has 0 saturated carbocycles. The van der Waals surface area contributed by atoms with Gasteiger partial charge in [0.25, 0.3) is 0 Å². The molecule has 0 aliphatic carbocycles. The Morgan fingerprint density at radius 1 is 1.35 bits per heavy atom. The fourth-order valence-electron chi connectivity index (χ4n) is 1.23. The number of para-hydroxylation sites is 2. The van der Waals surface area contributed by atoms with E-state index in [1.165, 1.54) is 0 Å². The molecule has 0 aliphatic heterocycles. The van der Waals surface area contributed by atoms with E-state index >= 15 is 0 Å². The Morgan fingerprint density at radius 2 is 2.00 bits per heavy atom. The third-order valence-corrected chi connectivity index (χ3v) is 2.05. The highest BCUT2D eigenvalue weighted by molar-refractivity contribution is 5.93. The second-order valence-electron chi connectivity index (χ2n) is 3.32. The Morgan fingerprint density at radius 3 is 2.59 bits per heavy atom. The van der Waals surface area contributed by atoms with Crippen molar-refractivity contribution in [3.05, 3.63) is 36.9 Å². The van der Waals surface area contributed by atoms with E-state index in [1.54, 1.807) is 12.1 Å². The van der Waals surface area contributed by atoms with Crippen molar-refractivity contribution < 1.29 is 4.79 Å². The molecule has 1 amide bonds. The van der Waals surface area contributed by atoms with E-state index in [0.29, 0.717) is 17.8 Å². The van der Waals surface area contributed by atoms with Gasteiger partial charge in [0, 0.05) is 6.42 Å². The number of allylic oxidation sites excluding steroid dienone is 1. The van der Waals surface area contributed by atoms with Crippen molar-refractivity contribution in [2.75, 3.05) is 11.1 Å². The van der Waals surface area contributed by atoms with Crippen molar-refractivity contribution in [3.63, 3.8) is 0 Å². The van der Waals surface area contributed by atoms with Gasteiger partial charge in [0.2, 0.25) is 5.91 Å². The van der Waals surface area contributed by atoms with E-state index in [2.05, 4.69) is 11.9 Å². The first-order valence-electron chi connectivity index (χ1n) is 4.99. The van der Waals surface area contributed by atoms with Gasteiger partial charge in [-0.3, -0.25) is 4.79 Å². The molecule has 3 nitrogen and oxygen atoms in total. The van der Waals surface area contributed by atoms with Gasteiger partial charge in [-0.05, 0) is 25.0 Å². The van der Waals surface area contributed by atoms with Crippen LogP contribution in [0.2, 0.25) is 0 Å². The average molecular weight is 277 g/mol. The zero-order chi connectivity index (χ0) is 11.1. The van der Waals surface area contributed by atoms with Crippen molar-refractivity contribution in [2.45, 2.75) is 19.3 Å². The first-order valence-corrected chi connectivity index (χ1v) is 4.99. The average Bonchev–Trinajstić information content (AvgIpc) is 2.22. The molecule has 0 aliphatic rings. The maximum atomic E-state index is 11.4. The Labute approximate surface area is 114 Å². The van der Waals surface area contributed by atoms with Crippen LogP contribution in [0.3, 0.4) is 0 Å². The first kappa shape index (κ1) is 18.2. The number of benzene rings is 1. The molecule has 0 unspecified atom stereocenters. The molecule has 3 N–H and O–H groups in total. The topological polar surface area (TPSA) is 55.1 Å². The number of carbonyl (C=O) groups excluding carboxylic acids is 1. The van der Waals surface area contributed by atoms with Crippen LogP contribution in [0.25, 0.3) is 0 Å². The van der Waals surface area contributed by atoms with Gasteiger partial charge in [-0.1, -0.05) is 18.2 Å². The van der Waals surface area contributed by atoms with E-state index < -0.39 is 0 Å². The normalized spacial score (nSPS) is 8.47. The van der Waals surface area contributed by atoms with E-state index in [4.69, 9.17) is 5.73 Å². The monoisotopic (exact) mass is 276 g/mol. The third kappa shape index (κ3) is 6.87. The molecule has 0 spiro atoms. The molecule has 0 bridgehead atoms. The largest absolute Gasteiger partial charge is 0.397 e. The van der Waals surface area contributed by atoms with Crippen molar-refractivity contribution in [2.24, 2.45) is 0 Å². The minimum atomic E-state index is -0.00486. The first-order chi connectivity index (χ1) is 7.24. The van der Waals surface area contributed by atoms with Gasteiger partial charge in [-0.25, -0.2) is 0 Å². The van der Waals surface area contributed by atoms with Gasteiger partial charge < -0.3 is 11.1 Å².